The Bertz CT molecular complexity index is 83.0. The summed E-state index contributed by atoms with van der Waals surface area (Å²) in [7, 11) is 0. The fraction of sp³-hybridized carbons (Fsp3) is 0.500. The zero-order valence-corrected chi connectivity index (χ0v) is 9.48. The number of rotatable bonds is 4. The van der Waals surface area contributed by atoms with Crippen LogP contribution in [0.25, 0.3) is 0 Å². The largest absolute Gasteiger partial charge is 0.471 e. The third-order valence-electron chi connectivity index (χ3n) is 0.831. The molecule has 1 nitrogen and oxygen atoms in total. The van der Waals surface area contributed by atoms with Gasteiger partial charge in [-0.1, -0.05) is 12.5 Å². The van der Waals surface area contributed by atoms with Crippen molar-refractivity contribution >= 4 is 44.1 Å². The van der Waals surface area contributed by atoms with E-state index in [9.17, 15) is 8.78 Å². The van der Waals surface area contributed by atoms with E-state index < -0.39 is 24.9 Å². The molecule has 0 rings (SSSR count). The van der Waals surface area contributed by atoms with E-state index in [2.05, 4.69) is 13.3 Å². The molecule has 5 heteroatoms. The lowest BCUT2D eigenvalue weighted by Crippen LogP contribution is -2.01. The van der Waals surface area contributed by atoms with Crippen LogP contribution in [-0.4, -0.2) is 31.6 Å². The summed E-state index contributed by atoms with van der Waals surface area (Å²) in [5.41, 5.74) is 0. The molecular formula is C6H12BrF2MgN. The van der Waals surface area contributed by atoms with E-state index in [4.69, 9.17) is 5.41 Å². The molecule has 0 heterocycles. The Hall–Kier alpha value is 0.516. The summed E-state index contributed by atoms with van der Waals surface area (Å²) in [6, 6.07) is 0. The van der Waals surface area contributed by atoms with Crippen LogP contribution in [0.1, 0.15) is 6.42 Å². The second-order valence-corrected chi connectivity index (χ2v) is 3.51. The molecule has 0 bridgehead atoms. The molecule has 0 aromatic carbocycles. The smallest absolute Gasteiger partial charge is 0.317 e. The highest BCUT2D eigenvalue weighted by atomic mass is 79.9. The average molecular weight is 240 g/mol. The zero-order valence-electron chi connectivity index (χ0n) is 6.35. The van der Waals surface area contributed by atoms with Crippen molar-refractivity contribution in [2.24, 2.45) is 0 Å². The average Bonchev–Trinajstić information content (AvgIpc) is 1.92. The van der Waals surface area contributed by atoms with Gasteiger partial charge in [0, 0.05) is 0 Å². The first-order valence-corrected chi connectivity index (χ1v) is 4.83. The molecule has 0 aliphatic carbocycles. The van der Waals surface area contributed by atoms with E-state index in [0.29, 0.717) is 4.55 Å². The number of nitrogens with one attached hydrogen (secondary N) is 1. The van der Waals surface area contributed by atoms with Gasteiger partial charge in [0.25, 0.3) is 0 Å². The minimum atomic E-state index is -2.00. The SMILES string of the molecule is Br.C=CC[CH2][Mg][CH](F)F.C=N. The van der Waals surface area contributed by atoms with Crippen molar-refractivity contribution in [3.63, 3.8) is 0 Å². The highest BCUT2D eigenvalue weighted by Crippen LogP contribution is 1.96. The number of alkyl halides is 2. The van der Waals surface area contributed by atoms with Crippen LogP contribution in [0.2, 0.25) is 4.55 Å². The number of hydrogen-bond acceptors (Lipinski definition) is 1. The highest BCUT2D eigenvalue weighted by molar-refractivity contribution is 8.93. The molecule has 0 aromatic heterocycles. The summed E-state index contributed by atoms with van der Waals surface area (Å²) in [5.74, 6) is 0. The second-order valence-electron chi connectivity index (χ2n) is 1.61. The topological polar surface area (TPSA) is 23.9 Å². The van der Waals surface area contributed by atoms with Crippen molar-refractivity contribution in [3.8, 4) is 0 Å². The van der Waals surface area contributed by atoms with Gasteiger partial charge in [0.05, 0.1) is 0 Å². The molecule has 0 amide bonds. The fourth-order valence-electron chi connectivity index (χ4n) is 0.416. The molecular weight excluding hydrogens is 228 g/mol. The van der Waals surface area contributed by atoms with E-state index in [1.54, 1.807) is 6.08 Å². The molecule has 0 aliphatic heterocycles. The van der Waals surface area contributed by atoms with Crippen molar-refractivity contribution in [2.45, 2.75) is 15.5 Å². The molecule has 0 saturated carbocycles. The monoisotopic (exact) mass is 239 g/mol. The Morgan fingerprint density at radius 3 is 2.18 bits per heavy atom. The van der Waals surface area contributed by atoms with Crippen LogP contribution in [0.15, 0.2) is 12.7 Å². The highest BCUT2D eigenvalue weighted by Gasteiger charge is 2.06. The maximum atomic E-state index is 11.4. The third-order valence-corrected chi connectivity index (χ3v) is 2.08. The van der Waals surface area contributed by atoms with E-state index in [1.807, 2.05) is 0 Å². The lowest BCUT2D eigenvalue weighted by Gasteiger charge is -1.89. The molecule has 11 heavy (non-hydrogen) atoms. The summed E-state index contributed by atoms with van der Waals surface area (Å²) in [6.07, 6.45) is 2.45. The van der Waals surface area contributed by atoms with Gasteiger partial charge in [-0.3, -0.25) is 0 Å². The Morgan fingerprint density at radius 2 is 1.91 bits per heavy atom. The second kappa shape index (κ2) is 16.9. The van der Waals surface area contributed by atoms with Gasteiger partial charge in [0.15, 0.2) is 0 Å². The predicted octanol–water partition coefficient (Wildman–Crippen LogP) is 2.75. The Balaban J connectivity index is -0.000000196. The first kappa shape index (κ1) is 17.6. The lowest BCUT2D eigenvalue weighted by molar-refractivity contribution is 0.237. The predicted molar refractivity (Wildman–Crippen MR) is 51.5 cm³/mol. The van der Waals surface area contributed by atoms with Gasteiger partial charge in [0.2, 0.25) is 0 Å². The van der Waals surface area contributed by atoms with Crippen LogP contribution in [0, 0.1) is 5.41 Å². The van der Waals surface area contributed by atoms with Crippen LogP contribution in [0.5, 0.6) is 0 Å². The van der Waals surface area contributed by atoms with Crippen LogP contribution < -0.4 is 0 Å². The summed E-state index contributed by atoms with van der Waals surface area (Å²) >= 11 is -1.07. The van der Waals surface area contributed by atoms with Gasteiger partial charge < -0.3 is 5.41 Å². The van der Waals surface area contributed by atoms with Crippen molar-refractivity contribution in [2.75, 3.05) is 0 Å². The standard InChI is InChI=1S/C4H7.CHF2.CH3N.BrH.Mg/c1-3-4-2;2-1-3;1-2;;/h3H,1-2,4H2;1H;2H,1H2;1H;. The molecule has 0 fully saturated rings. The molecule has 64 valence electrons. The number of halogens is 3. The van der Waals surface area contributed by atoms with Crippen LogP contribution in [0.4, 0.5) is 8.78 Å². The summed E-state index contributed by atoms with van der Waals surface area (Å²) in [6.45, 7) is 5.93. The molecule has 0 spiro atoms. The van der Waals surface area contributed by atoms with E-state index in [1.165, 1.54) is 0 Å². The van der Waals surface area contributed by atoms with Gasteiger partial charge in [-0.05, 0) is 6.72 Å². The molecule has 0 aliphatic rings. The Kier molecular flexibility index (Phi) is 26.9. The van der Waals surface area contributed by atoms with Gasteiger partial charge in [-0.15, -0.1) is 28.1 Å². The van der Waals surface area contributed by atoms with Crippen molar-refractivity contribution in [1.82, 2.24) is 0 Å². The van der Waals surface area contributed by atoms with Gasteiger partial charge >= 0.3 is 20.4 Å². The van der Waals surface area contributed by atoms with Crippen molar-refractivity contribution in [3.05, 3.63) is 12.7 Å². The fourth-order valence-corrected chi connectivity index (χ4v) is 1.25. The van der Waals surface area contributed by atoms with E-state index >= 15 is 0 Å². The van der Waals surface area contributed by atoms with Crippen molar-refractivity contribution < 1.29 is 8.78 Å². The molecule has 0 saturated heterocycles. The summed E-state index contributed by atoms with van der Waals surface area (Å²) in [4.78, 5) is 0. The first-order valence-electron chi connectivity index (χ1n) is 3.01. The molecule has 0 aromatic rings. The van der Waals surface area contributed by atoms with Gasteiger partial charge in [-0.2, -0.15) is 0 Å². The zero-order chi connectivity index (χ0) is 8.41. The molecule has 1 N–H and O–H groups in total. The Labute approximate surface area is 86.2 Å². The van der Waals surface area contributed by atoms with Crippen LogP contribution in [0.3, 0.4) is 0 Å². The maximum absolute atomic E-state index is 11.4. The van der Waals surface area contributed by atoms with E-state index in [0.717, 1.165) is 6.42 Å². The number of hydrogen-bond donors (Lipinski definition) is 1. The molecule has 0 unspecified atom stereocenters. The minimum Gasteiger partial charge on any atom is -0.317 e. The van der Waals surface area contributed by atoms with E-state index in [-0.39, 0.29) is 17.0 Å². The minimum absolute atomic E-state index is 0. The molecule has 0 radical (unpaired) electrons. The van der Waals surface area contributed by atoms with Crippen LogP contribution >= 0.6 is 17.0 Å². The Morgan fingerprint density at radius 1 is 1.45 bits per heavy atom. The molecule has 0 atom stereocenters. The van der Waals surface area contributed by atoms with Crippen molar-refractivity contribution in [1.29, 1.82) is 5.41 Å². The lowest BCUT2D eigenvalue weighted by atomic mass is 10.5. The summed E-state index contributed by atoms with van der Waals surface area (Å²) < 4.78 is 21.5. The number of allylic oxidation sites excluding steroid dienone is 1. The first-order chi connectivity index (χ1) is 4.77. The normalized spacial score (nSPS) is 6.82. The summed E-state index contributed by atoms with van der Waals surface area (Å²) in [5, 5.41) is 5.50. The van der Waals surface area contributed by atoms with Gasteiger partial charge in [-0.25, -0.2) is 8.78 Å². The maximum Gasteiger partial charge on any atom is 0.471 e. The van der Waals surface area contributed by atoms with Gasteiger partial charge in [0.1, 0.15) is 4.55 Å². The quantitative estimate of drug-likeness (QED) is 0.338. The van der Waals surface area contributed by atoms with Crippen LogP contribution in [-0.2, 0) is 0 Å². The third kappa shape index (κ3) is 25.1.